The van der Waals surface area contributed by atoms with Crippen molar-refractivity contribution >= 4 is 12.1 Å². The lowest BCUT2D eigenvalue weighted by Gasteiger charge is -2.16. The number of para-hydroxylation sites is 1. The molecule has 1 aliphatic rings. The number of amides is 1. The monoisotopic (exact) mass is 161 g/mol. The molecule has 0 bridgehead atoms. The highest BCUT2D eigenvalue weighted by Crippen LogP contribution is 2.23. The van der Waals surface area contributed by atoms with E-state index in [1.165, 1.54) is 5.01 Å². The number of rotatable bonds is 1. The second kappa shape index (κ2) is 2.73. The van der Waals surface area contributed by atoms with E-state index in [4.69, 9.17) is 0 Å². The number of anilines is 1. The van der Waals surface area contributed by atoms with Crippen LogP contribution in [-0.4, -0.2) is 6.41 Å². The molecule has 12 heavy (non-hydrogen) atoms. The van der Waals surface area contributed by atoms with Crippen molar-refractivity contribution < 1.29 is 4.79 Å². The smallest absolute Gasteiger partial charge is 0.236 e. The molecule has 0 fully saturated rings. The molecule has 0 aliphatic carbocycles. The van der Waals surface area contributed by atoms with Crippen LogP contribution in [0.2, 0.25) is 0 Å². The summed E-state index contributed by atoms with van der Waals surface area (Å²) in [4.78, 5) is 10.5. The predicted molar refractivity (Wildman–Crippen MR) is 43.5 cm³/mol. The molecule has 0 radical (unpaired) electrons. The van der Waals surface area contributed by atoms with Crippen LogP contribution in [0.4, 0.5) is 5.69 Å². The molecule has 1 aliphatic heterocycles. The first kappa shape index (κ1) is 6.97. The molecule has 0 atom stereocenters. The lowest BCUT2D eigenvalue weighted by Crippen LogP contribution is -2.16. The Labute approximate surface area is 69.5 Å². The third-order valence-electron chi connectivity index (χ3n) is 1.74. The molecule has 4 nitrogen and oxygen atoms in total. The summed E-state index contributed by atoms with van der Waals surface area (Å²) in [5.41, 5.74) is 1.85. The molecule has 60 valence electrons. The quantitative estimate of drug-likeness (QED) is 0.576. The van der Waals surface area contributed by atoms with Gasteiger partial charge in [-0.15, -0.1) is 0 Å². The van der Waals surface area contributed by atoms with E-state index in [2.05, 4.69) is 10.3 Å². The number of hydrogen-bond acceptors (Lipinski definition) is 3. The van der Waals surface area contributed by atoms with Crippen molar-refractivity contribution in [2.24, 2.45) is 10.3 Å². The average Bonchev–Trinajstić information content (AvgIpc) is 2.17. The molecule has 4 heteroatoms. The Kier molecular flexibility index (Phi) is 1.59. The molecule has 1 aromatic rings. The minimum Gasteiger partial charge on any atom is -0.276 e. The van der Waals surface area contributed by atoms with Crippen LogP contribution in [-0.2, 0) is 11.3 Å². The fraction of sp³-hybridized carbons (Fsp3) is 0.125. The van der Waals surface area contributed by atoms with Gasteiger partial charge in [0.2, 0.25) is 6.41 Å². The molecule has 1 amide bonds. The van der Waals surface area contributed by atoms with Crippen molar-refractivity contribution in [2.75, 3.05) is 5.01 Å². The predicted octanol–water partition coefficient (Wildman–Crippen LogP) is 1.53. The van der Waals surface area contributed by atoms with Crippen molar-refractivity contribution in [3.8, 4) is 0 Å². The summed E-state index contributed by atoms with van der Waals surface area (Å²) in [5, 5.41) is 8.70. The molecule has 0 saturated carbocycles. The number of benzene rings is 1. The van der Waals surface area contributed by atoms with Gasteiger partial charge in [0, 0.05) is 5.56 Å². The molecule has 0 N–H and O–H groups in total. The van der Waals surface area contributed by atoms with Gasteiger partial charge in [0.25, 0.3) is 0 Å². The Morgan fingerprint density at radius 1 is 1.42 bits per heavy atom. The summed E-state index contributed by atoms with van der Waals surface area (Å²) in [6.45, 7) is 0.556. The van der Waals surface area contributed by atoms with Gasteiger partial charge >= 0.3 is 0 Å². The van der Waals surface area contributed by atoms with E-state index in [1.807, 2.05) is 24.3 Å². The molecule has 0 spiro atoms. The third-order valence-corrected chi connectivity index (χ3v) is 1.74. The minimum atomic E-state index is 0.556. The van der Waals surface area contributed by atoms with E-state index in [0.29, 0.717) is 13.0 Å². The van der Waals surface area contributed by atoms with Crippen LogP contribution in [0, 0.1) is 0 Å². The van der Waals surface area contributed by atoms with Gasteiger partial charge in [-0.2, -0.15) is 10.1 Å². The Bertz CT molecular complexity index is 335. The van der Waals surface area contributed by atoms with Crippen molar-refractivity contribution in [3.05, 3.63) is 29.8 Å². The molecule has 2 rings (SSSR count). The lowest BCUT2D eigenvalue weighted by atomic mass is 10.1. The van der Waals surface area contributed by atoms with Crippen molar-refractivity contribution in [2.45, 2.75) is 6.54 Å². The SMILES string of the molecule is O=CN1N=NCc2ccccc21. The summed E-state index contributed by atoms with van der Waals surface area (Å²) in [6.07, 6.45) is 0.654. The number of carbonyl (C=O) groups is 1. The van der Waals surface area contributed by atoms with Crippen LogP contribution in [0.5, 0.6) is 0 Å². The van der Waals surface area contributed by atoms with Gasteiger partial charge in [0.15, 0.2) is 0 Å². The fourth-order valence-electron chi connectivity index (χ4n) is 1.17. The van der Waals surface area contributed by atoms with Gasteiger partial charge in [-0.05, 0) is 6.07 Å². The van der Waals surface area contributed by atoms with E-state index in [-0.39, 0.29) is 0 Å². The highest BCUT2D eigenvalue weighted by molar-refractivity contribution is 5.76. The standard InChI is InChI=1S/C8H7N3O/c12-6-11-8-4-2-1-3-7(8)5-9-10-11/h1-4,6H,5H2. The minimum absolute atomic E-state index is 0.556. The number of carbonyl (C=O) groups excluding carboxylic acids is 1. The fourth-order valence-corrected chi connectivity index (χ4v) is 1.17. The van der Waals surface area contributed by atoms with E-state index in [0.717, 1.165) is 11.3 Å². The normalized spacial score (nSPS) is 14.2. The van der Waals surface area contributed by atoms with Crippen molar-refractivity contribution in [1.29, 1.82) is 0 Å². The third kappa shape index (κ3) is 0.972. The van der Waals surface area contributed by atoms with Crippen molar-refractivity contribution in [1.82, 2.24) is 0 Å². The summed E-state index contributed by atoms with van der Waals surface area (Å²) in [5.74, 6) is 0. The maximum Gasteiger partial charge on any atom is 0.236 e. The second-order valence-corrected chi connectivity index (χ2v) is 2.47. The van der Waals surface area contributed by atoms with Gasteiger partial charge in [0.1, 0.15) is 0 Å². The first-order valence-corrected chi connectivity index (χ1v) is 3.61. The Morgan fingerprint density at radius 3 is 3.08 bits per heavy atom. The van der Waals surface area contributed by atoms with Gasteiger partial charge in [-0.3, -0.25) is 4.79 Å². The van der Waals surface area contributed by atoms with Crippen LogP contribution in [0.25, 0.3) is 0 Å². The number of hydrogen-bond donors (Lipinski definition) is 0. The zero-order chi connectivity index (χ0) is 8.39. The van der Waals surface area contributed by atoms with E-state index in [9.17, 15) is 4.79 Å². The molecule has 1 aromatic carbocycles. The molecule has 0 unspecified atom stereocenters. The Balaban J connectivity index is 2.49. The summed E-state index contributed by atoms with van der Waals surface area (Å²) in [7, 11) is 0. The van der Waals surface area contributed by atoms with Gasteiger partial charge in [-0.1, -0.05) is 23.4 Å². The number of nitrogens with zero attached hydrogens (tertiary/aromatic N) is 3. The summed E-state index contributed by atoms with van der Waals surface area (Å²) >= 11 is 0. The van der Waals surface area contributed by atoms with Crippen LogP contribution >= 0.6 is 0 Å². The topological polar surface area (TPSA) is 45.0 Å². The Morgan fingerprint density at radius 2 is 2.25 bits per heavy atom. The summed E-state index contributed by atoms with van der Waals surface area (Å²) in [6, 6.07) is 7.57. The first-order valence-electron chi connectivity index (χ1n) is 3.61. The van der Waals surface area contributed by atoms with Crippen molar-refractivity contribution in [3.63, 3.8) is 0 Å². The highest BCUT2D eigenvalue weighted by Gasteiger charge is 2.12. The largest absolute Gasteiger partial charge is 0.276 e. The average molecular weight is 161 g/mol. The first-order chi connectivity index (χ1) is 5.92. The van der Waals surface area contributed by atoms with E-state index >= 15 is 0 Å². The number of fused-ring (bicyclic) bond motifs is 1. The van der Waals surface area contributed by atoms with E-state index < -0.39 is 0 Å². The van der Waals surface area contributed by atoms with Crippen LogP contribution in [0.15, 0.2) is 34.6 Å². The highest BCUT2D eigenvalue weighted by atomic mass is 16.1. The van der Waals surface area contributed by atoms with Crippen LogP contribution in [0.3, 0.4) is 0 Å². The Hall–Kier alpha value is -1.71. The lowest BCUT2D eigenvalue weighted by molar-refractivity contribution is -0.107. The maximum absolute atomic E-state index is 10.5. The molecule has 1 heterocycles. The van der Waals surface area contributed by atoms with Crippen LogP contribution in [0.1, 0.15) is 5.56 Å². The maximum atomic E-state index is 10.5. The zero-order valence-corrected chi connectivity index (χ0v) is 6.34. The van der Waals surface area contributed by atoms with Crippen LogP contribution < -0.4 is 5.01 Å². The molecule has 0 saturated heterocycles. The van der Waals surface area contributed by atoms with E-state index in [1.54, 1.807) is 0 Å². The molecule has 0 aromatic heterocycles. The molecular weight excluding hydrogens is 154 g/mol. The van der Waals surface area contributed by atoms with Gasteiger partial charge in [0.05, 0.1) is 12.2 Å². The second-order valence-electron chi connectivity index (χ2n) is 2.47. The van der Waals surface area contributed by atoms with Gasteiger partial charge < -0.3 is 0 Å². The van der Waals surface area contributed by atoms with Gasteiger partial charge in [-0.25, -0.2) is 0 Å². The zero-order valence-electron chi connectivity index (χ0n) is 6.34. The summed E-state index contributed by atoms with van der Waals surface area (Å²) < 4.78 is 0. The molecular formula is C8H7N3O.